The number of hydrogen-bond acceptors (Lipinski definition) is 4. The van der Waals surface area contributed by atoms with E-state index < -0.39 is 0 Å². The number of anilines is 1. The van der Waals surface area contributed by atoms with Gasteiger partial charge in [0.05, 0.1) is 11.4 Å². The van der Waals surface area contributed by atoms with Crippen molar-refractivity contribution in [1.82, 2.24) is 4.98 Å². The first-order valence-electron chi connectivity index (χ1n) is 9.77. The zero-order valence-corrected chi connectivity index (χ0v) is 17.3. The van der Waals surface area contributed by atoms with Crippen LogP contribution in [0.4, 0.5) is 5.69 Å². The quantitative estimate of drug-likeness (QED) is 0.396. The van der Waals surface area contributed by atoms with Crippen molar-refractivity contribution < 1.29 is 9.21 Å². The minimum Gasteiger partial charge on any atom is -0.444 e. The van der Waals surface area contributed by atoms with Crippen molar-refractivity contribution in [2.45, 2.75) is 12.2 Å². The Morgan fingerprint density at radius 2 is 1.60 bits per heavy atom. The number of hydrogen-bond donors (Lipinski definition) is 1. The molecule has 0 saturated heterocycles. The first-order valence-corrected chi connectivity index (χ1v) is 10.9. The third-order valence-electron chi connectivity index (χ3n) is 4.58. The third-order valence-corrected chi connectivity index (χ3v) is 5.55. The molecule has 0 atom stereocenters. The number of amides is 1. The molecule has 0 fully saturated rings. The number of para-hydroxylation sites is 1. The van der Waals surface area contributed by atoms with Crippen LogP contribution >= 0.6 is 11.8 Å². The SMILES string of the molecule is O=C(CSCc1coc(-c2ccccc2)n1)Nc1ccccc1Cc1ccccc1. The largest absolute Gasteiger partial charge is 0.444 e. The fourth-order valence-electron chi connectivity index (χ4n) is 3.13. The molecular formula is C25H22N2O2S. The molecule has 0 bridgehead atoms. The summed E-state index contributed by atoms with van der Waals surface area (Å²) in [6.07, 6.45) is 2.44. The Kier molecular flexibility index (Phi) is 6.62. The number of benzene rings is 3. The lowest BCUT2D eigenvalue weighted by molar-refractivity contribution is -0.113. The van der Waals surface area contributed by atoms with Gasteiger partial charge in [-0.15, -0.1) is 11.8 Å². The van der Waals surface area contributed by atoms with Crippen molar-refractivity contribution in [1.29, 1.82) is 0 Å². The van der Waals surface area contributed by atoms with Gasteiger partial charge in [-0.1, -0.05) is 66.7 Å². The molecule has 1 heterocycles. The molecule has 0 saturated carbocycles. The smallest absolute Gasteiger partial charge is 0.234 e. The van der Waals surface area contributed by atoms with Crippen LogP contribution in [0.5, 0.6) is 0 Å². The fraction of sp³-hybridized carbons (Fsp3) is 0.120. The highest BCUT2D eigenvalue weighted by molar-refractivity contribution is 7.99. The number of nitrogens with one attached hydrogen (secondary N) is 1. The van der Waals surface area contributed by atoms with Crippen molar-refractivity contribution in [3.63, 3.8) is 0 Å². The lowest BCUT2D eigenvalue weighted by Crippen LogP contribution is -2.15. The Morgan fingerprint density at radius 3 is 2.40 bits per heavy atom. The molecule has 150 valence electrons. The van der Waals surface area contributed by atoms with Crippen LogP contribution in [0.1, 0.15) is 16.8 Å². The number of rotatable bonds is 8. The van der Waals surface area contributed by atoms with Crippen molar-refractivity contribution in [2.75, 3.05) is 11.1 Å². The first-order chi connectivity index (χ1) is 14.8. The molecule has 0 aliphatic heterocycles. The third kappa shape index (κ3) is 5.39. The maximum absolute atomic E-state index is 12.5. The standard InChI is InChI=1S/C25H22N2O2S/c28-24(18-30-17-22-16-29-25(26-22)20-11-5-2-6-12-20)27-23-14-8-7-13-21(23)15-19-9-3-1-4-10-19/h1-14,16H,15,17-18H2,(H,27,28). The lowest BCUT2D eigenvalue weighted by Gasteiger charge is -2.11. The predicted octanol–water partition coefficient (Wildman–Crippen LogP) is 5.80. The number of carbonyl (C=O) groups excluding carboxylic acids is 1. The maximum atomic E-state index is 12.5. The second-order valence-corrected chi connectivity index (χ2v) is 7.86. The molecule has 30 heavy (non-hydrogen) atoms. The van der Waals surface area contributed by atoms with Gasteiger partial charge >= 0.3 is 0 Å². The van der Waals surface area contributed by atoms with Crippen LogP contribution in [0.25, 0.3) is 11.5 Å². The summed E-state index contributed by atoms with van der Waals surface area (Å²) in [4.78, 5) is 17.0. The Hall–Kier alpha value is -3.31. The highest BCUT2D eigenvalue weighted by Crippen LogP contribution is 2.22. The number of oxazole rings is 1. The molecule has 1 N–H and O–H groups in total. The van der Waals surface area contributed by atoms with Crippen LogP contribution < -0.4 is 5.32 Å². The second kappa shape index (κ2) is 9.94. The monoisotopic (exact) mass is 414 g/mol. The molecule has 0 unspecified atom stereocenters. The molecule has 4 aromatic rings. The lowest BCUT2D eigenvalue weighted by atomic mass is 10.0. The molecule has 1 amide bonds. The second-order valence-electron chi connectivity index (χ2n) is 6.87. The summed E-state index contributed by atoms with van der Waals surface area (Å²) >= 11 is 1.52. The number of aromatic nitrogens is 1. The molecule has 1 aromatic heterocycles. The van der Waals surface area contributed by atoms with Gasteiger partial charge in [-0.25, -0.2) is 4.98 Å². The van der Waals surface area contributed by atoms with E-state index in [0.29, 0.717) is 17.4 Å². The minimum absolute atomic E-state index is 0.0210. The van der Waals surface area contributed by atoms with Crippen molar-refractivity contribution in [3.8, 4) is 11.5 Å². The average Bonchev–Trinajstić information content (AvgIpc) is 3.25. The zero-order valence-electron chi connectivity index (χ0n) is 16.5. The first kappa shape index (κ1) is 20.0. The van der Waals surface area contributed by atoms with E-state index in [4.69, 9.17) is 4.42 Å². The summed E-state index contributed by atoms with van der Waals surface area (Å²) < 4.78 is 5.55. The molecule has 0 aliphatic carbocycles. The summed E-state index contributed by atoms with van der Waals surface area (Å²) in [5.41, 5.74) is 4.96. The van der Waals surface area contributed by atoms with Crippen LogP contribution in [0.15, 0.2) is 95.6 Å². The van der Waals surface area contributed by atoms with Crippen LogP contribution in [0.2, 0.25) is 0 Å². The maximum Gasteiger partial charge on any atom is 0.234 e. The van der Waals surface area contributed by atoms with Gasteiger partial charge in [0.2, 0.25) is 11.8 Å². The number of nitrogens with zero attached hydrogens (tertiary/aromatic N) is 1. The molecule has 0 spiro atoms. The number of carbonyl (C=O) groups is 1. The van der Waals surface area contributed by atoms with E-state index in [-0.39, 0.29) is 5.91 Å². The Labute approximate surface area is 180 Å². The molecule has 3 aromatic carbocycles. The van der Waals surface area contributed by atoms with Gasteiger partial charge in [0.25, 0.3) is 0 Å². The molecule has 0 aliphatic rings. The van der Waals surface area contributed by atoms with Gasteiger partial charge < -0.3 is 9.73 Å². The molecular weight excluding hydrogens is 392 g/mol. The Balaban J connectivity index is 1.30. The summed E-state index contributed by atoms with van der Waals surface area (Å²) in [5.74, 6) is 1.56. The van der Waals surface area contributed by atoms with E-state index in [2.05, 4.69) is 28.5 Å². The van der Waals surface area contributed by atoms with Gasteiger partial charge in [0.1, 0.15) is 6.26 Å². The fourth-order valence-corrected chi connectivity index (χ4v) is 3.83. The van der Waals surface area contributed by atoms with Crippen molar-refractivity contribution in [3.05, 3.63) is 108 Å². The van der Waals surface area contributed by atoms with Crippen LogP contribution in [0, 0.1) is 0 Å². The van der Waals surface area contributed by atoms with Gasteiger partial charge in [0, 0.05) is 17.0 Å². The summed E-state index contributed by atoms with van der Waals surface area (Å²) in [6, 6.07) is 28.0. The van der Waals surface area contributed by atoms with Crippen LogP contribution in [-0.2, 0) is 17.0 Å². The van der Waals surface area contributed by atoms with Gasteiger partial charge in [0.15, 0.2) is 0 Å². The molecule has 5 heteroatoms. The van der Waals surface area contributed by atoms with Crippen LogP contribution in [-0.4, -0.2) is 16.6 Å². The topological polar surface area (TPSA) is 55.1 Å². The summed E-state index contributed by atoms with van der Waals surface area (Å²) in [6.45, 7) is 0. The predicted molar refractivity (Wildman–Crippen MR) is 122 cm³/mol. The summed E-state index contributed by atoms with van der Waals surface area (Å²) in [7, 11) is 0. The number of thioether (sulfide) groups is 1. The molecule has 4 rings (SSSR count). The van der Waals surface area contributed by atoms with Gasteiger partial charge in [-0.3, -0.25) is 4.79 Å². The van der Waals surface area contributed by atoms with E-state index in [0.717, 1.165) is 28.9 Å². The van der Waals surface area contributed by atoms with E-state index in [1.54, 1.807) is 6.26 Å². The summed E-state index contributed by atoms with van der Waals surface area (Å²) in [5, 5.41) is 3.04. The van der Waals surface area contributed by atoms with E-state index in [1.165, 1.54) is 17.3 Å². The van der Waals surface area contributed by atoms with Gasteiger partial charge in [-0.2, -0.15) is 0 Å². The normalized spacial score (nSPS) is 10.7. The molecule has 4 nitrogen and oxygen atoms in total. The Morgan fingerprint density at radius 1 is 0.900 bits per heavy atom. The highest BCUT2D eigenvalue weighted by Gasteiger charge is 2.10. The van der Waals surface area contributed by atoms with E-state index >= 15 is 0 Å². The van der Waals surface area contributed by atoms with Crippen molar-refractivity contribution >= 4 is 23.4 Å². The zero-order chi connectivity index (χ0) is 20.6. The van der Waals surface area contributed by atoms with E-state index in [1.807, 2.05) is 66.7 Å². The highest BCUT2D eigenvalue weighted by atomic mass is 32.2. The van der Waals surface area contributed by atoms with Gasteiger partial charge in [-0.05, 0) is 35.7 Å². The Bertz CT molecular complexity index is 1090. The van der Waals surface area contributed by atoms with Crippen molar-refractivity contribution in [2.24, 2.45) is 0 Å². The van der Waals surface area contributed by atoms with E-state index in [9.17, 15) is 4.79 Å². The average molecular weight is 415 g/mol. The minimum atomic E-state index is -0.0210. The molecule has 0 radical (unpaired) electrons. The van der Waals surface area contributed by atoms with Crippen LogP contribution in [0.3, 0.4) is 0 Å².